The summed E-state index contributed by atoms with van der Waals surface area (Å²) in [6, 6.07) is -0.492. The van der Waals surface area contributed by atoms with Crippen LogP contribution in [0.4, 0.5) is 4.79 Å². The summed E-state index contributed by atoms with van der Waals surface area (Å²) in [6.45, 7) is 15.3. The smallest absolute Gasteiger partial charge is 0.410 e. The van der Waals surface area contributed by atoms with Crippen molar-refractivity contribution in [1.82, 2.24) is 4.90 Å². The molecule has 0 aromatic rings. The largest absolute Gasteiger partial charge is 0.518 e. The Morgan fingerprint density at radius 1 is 1.27 bits per heavy atom. The molecule has 128 valence electrons. The van der Waals surface area contributed by atoms with E-state index in [1.54, 1.807) is 0 Å². The highest BCUT2D eigenvalue weighted by atomic mass is 28.4. The number of carbonyl (C=O) groups excluding carboxylic acids is 2. The molecule has 0 N–H and O–H groups in total. The second-order valence-electron chi connectivity index (χ2n) is 8.00. The zero-order valence-corrected chi connectivity index (χ0v) is 16.1. The summed E-state index contributed by atoms with van der Waals surface area (Å²) in [5.74, 6) is 0.00905. The van der Waals surface area contributed by atoms with Gasteiger partial charge in [0.1, 0.15) is 6.04 Å². The number of nitrogens with zero attached hydrogens (tertiary/aromatic N) is 1. The third-order valence-electron chi connectivity index (χ3n) is 4.46. The molecule has 0 radical (unpaired) electrons. The van der Waals surface area contributed by atoms with E-state index >= 15 is 0 Å². The number of ether oxygens (including phenoxy) is 1. The van der Waals surface area contributed by atoms with Crippen molar-refractivity contribution in [2.45, 2.75) is 71.6 Å². The van der Waals surface area contributed by atoms with Crippen LogP contribution in [-0.4, -0.2) is 44.5 Å². The first-order chi connectivity index (χ1) is 9.95. The minimum Gasteiger partial charge on any atom is -0.518 e. The van der Waals surface area contributed by atoms with Gasteiger partial charge < -0.3 is 9.16 Å². The van der Waals surface area contributed by atoms with E-state index in [1.165, 1.54) is 4.90 Å². The second-order valence-corrected chi connectivity index (χ2v) is 12.7. The molecule has 0 aromatic carbocycles. The van der Waals surface area contributed by atoms with E-state index in [9.17, 15) is 9.59 Å². The number of hydrogen-bond donors (Lipinski definition) is 0. The summed E-state index contributed by atoms with van der Waals surface area (Å²) in [7, 11) is -2.16. The van der Waals surface area contributed by atoms with Crippen LogP contribution in [0.5, 0.6) is 0 Å². The van der Waals surface area contributed by atoms with E-state index in [0.29, 0.717) is 19.6 Å². The van der Waals surface area contributed by atoms with Gasteiger partial charge in [-0.2, -0.15) is 0 Å². The summed E-state index contributed by atoms with van der Waals surface area (Å²) in [5.41, 5.74) is 0. The van der Waals surface area contributed by atoms with Gasteiger partial charge in [0.25, 0.3) is 8.32 Å². The normalized spacial score (nSPS) is 19.5. The molecule has 0 saturated carbocycles. The molecular weight excluding hydrogens is 298 g/mol. The van der Waals surface area contributed by atoms with Crippen LogP contribution in [0, 0.1) is 5.92 Å². The molecule has 1 aliphatic heterocycles. The summed E-state index contributed by atoms with van der Waals surface area (Å²) in [4.78, 5) is 26.2. The molecule has 1 aliphatic rings. The average Bonchev–Trinajstić information content (AvgIpc) is 2.83. The van der Waals surface area contributed by atoms with Crippen molar-refractivity contribution in [2.24, 2.45) is 5.92 Å². The molecule has 0 bridgehead atoms. The lowest BCUT2D eigenvalue weighted by Gasteiger charge is -2.37. The van der Waals surface area contributed by atoms with Crippen LogP contribution in [0.2, 0.25) is 18.1 Å². The predicted molar refractivity (Wildman–Crippen MR) is 89.2 cm³/mol. The quantitative estimate of drug-likeness (QED) is 0.736. The van der Waals surface area contributed by atoms with Gasteiger partial charge in [-0.25, -0.2) is 4.79 Å². The van der Waals surface area contributed by atoms with Crippen molar-refractivity contribution in [3.05, 3.63) is 0 Å². The van der Waals surface area contributed by atoms with Crippen LogP contribution in [0.25, 0.3) is 0 Å². The molecule has 1 heterocycles. The first-order valence-corrected chi connectivity index (χ1v) is 11.0. The topological polar surface area (TPSA) is 55.8 Å². The van der Waals surface area contributed by atoms with Crippen LogP contribution >= 0.6 is 0 Å². The van der Waals surface area contributed by atoms with Gasteiger partial charge in [-0.1, -0.05) is 34.6 Å². The molecule has 6 heteroatoms. The Kier molecular flexibility index (Phi) is 6.07. The number of amides is 1. The number of likely N-dealkylation sites (tertiary alicyclic amines) is 1. The van der Waals surface area contributed by atoms with Crippen molar-refractivity contribution in [1.29, 1.82) is 0 Å². The van der Waals surface area contributed by atoms with Gasteiger partial charge in [0.05, 0.1) is 6.61 Å². The maximum atomic E-state index is 12.5. The van der Waals surface area contributed by atoms with Crippen molar-refractivity contribution < 1.29 is 18.8 Å². The minimum absolute atomic E-state index is 0.0375. The summed E-state index contributed by atoms with van der Waals surface area (Å²) in [5, 5.41) is -0.0375. The van der Waals surface area contributed by atoms with E-state index in [-0.39, 0.29) is 16.9 Å². The molecule has 0 aliphatic carbocycles. The van der Waals surface area contributed by atoms with Gasteiger partial charge in [0, 0.05) is 6.54 Å². The molecule has 1 amide bonds. The highest BCUT2D eigenvalue weighted by Crippen LogP contribution is 2.37. The molecule has 1 saturated heterocycles. The highest BCUT2D eigenvalue weighted by molar-refractivity contribution is 6.75. The lowest BCUT2D eigenvalue weighted by atomic mass is 10.2. The Balaban J connectivity index is 2.70. The molecule has 1 fully saturated rings. The van der Waals surface area contributed by atoms with Gasteiger partial charge >= 0.3 is 12.1 Å². The Labute approximate surface area is 135 Å². The Morgan fingerprint density at radius 2 is 1.86 bits per heavy atom. The molecule has 1 rings (SSSR count). The molecule has 5 nitrogen and oxygen atoms in total. The van der Waals surface area contributed by atoms with Crippen molar-refractivity contribution in [3.63, 3.8) is 0 Å². The Hall–Kier alpha value is -1.04. The second kappa shape index (κ2) is 7.02. The standard InChI is InChI=1S/C16H31NO4Si/c1-12(2)11-20-15(19)17-10-8-9-13(17)14(18)21-22(6,7)16(3,4)5/h12-13H,8-11H2,1-7H3/t13-/m0/s1. The van der Waals surface area contributed by atoms with Crippen molar-refractivity contribution in [3.8, 4) is 0 Å². The summed E-state index contributed by atoms with van der Waals surface area (Å²) in [6.07, 6.45) is 1.07. The maximum Gasteiger partial charge on any atom is 0.410 e. The molecule has 22 heavy (non-hydrogen) atoms. The van der Waals surface area contributed by atoms with E-state index in [1.807, 2.05) is 26.9 Å². The highest BCUT2D eigenvalue weighted by Gasteiger charge is 2.44. The fourth-order valence-corrected chi connectivity index (χ4v) is 2.97. The molecule has 0 unspecified atom stereocenters. The van der Waals surface area contributed by atoms with Crippen molar-refractivity contribution >= 4 is 20.4 Å². The fourth-order valence-electron chi connectivity index (χ4n) is 2.02. The molecule has 0 aromatic heterocycles. The lowest BCUT2D eigenvalue weighted by molar-refractivity contribution is -0.140. The van der Waals surface area contributed by atoms with E-state index in [4.69, 9.17) is 9.16 Å². The summed E-state index contributed by atoms with van der Waals surface area (Å²) >= 11 is 0. The van der Waals surface area contributed by atoms with Gasteiger partial charge in [0.2, 0.25) is 0 Å². The van der Waals surface area contributed by atoms with Crippen LogP contribution in [0.1, 0.15) is 47.5 Å². The fraction of sp³-hybridized carbons (Fsp3) is 0.875. The molecular formula is C16H31NO4Si. The zero-order chi connectivity index (χ0) is 17.1. The monoisotopic (exact) mass is 329 g/mol. The van der Waals surface area contributed by atoms with E-state index < -0.39 is 20.5 Å². The lowest BCUT2D eigenvalue weighted by Crippen LogP contribution is -2.49. The van der Waals surface area contributed by atoms with E-state index in [0.717, 1.165) is 6.42 Å². The minimum atomic E-state index is -2.16. The van der Waals surface area contributed by atoms with Crippen LogP contribution in [0.15, 0.2) is 0 Å². The van der Waals surface area contributed by atoms with Gasteiger partial charge in [-0.05, 0) is 36.9 Å². The average molecular weight is 330 g/mol. The molecule has 1 atom stereocenters. The van der Waals surface area contributed by atoms with Crippen molar-refractivity contribution in [2.75, 3.05) is 13.2 Å². The van der Waals surface area contributed by atoms with Crippen LogP contribution < -0.4 is 0 Å². The maximum absolute atomic E-state index is 12.5. The Bertz CT molecular complexity index is 415. The van der Waals surface area contributed by atoms with Crippen LogP contribution in [0.3, 0.4) is 0 Å². The molecule has 0 spiro atoms. The predicted octanol–water partition coefficient (Wildman–Crippen LogP) is 3.79. The number of rotatable bonds is 4. The zero-order valence-electron chi connectivity index (χ0n) is 15.1. The Morgan fingerprint density at radius 3 is 2.36 bits per heavy atom. The third-order valence-corrected chi connectivity index (χ3v) is 8.79. The van der Waals surface area contributed by atoms with E-state index in [2.05, 4.69) is 20.8 Å². The van der Waals surface area contributed by atoms with Gasteiger partial charge in [-0.15, -0.1) is 0 Å². The van der Waals surface area contributed by atoms with Crippen LogP contribution in [-0.2, 0) is 14.0 Å². The SMILES string of the molecule is CC(C)COC(=O)N1CCC[C@H]1C(=O)O[Si](C)(C)C(C)(C)C. The number of hydrogen-bond acceptors (Lipinski definition) is 4. The first-order valence-electron chi connectivity index (χ1n) is 8.12. The van der Waals surface area contributed by atoms with Gasteiger partial charge in [-0.3, -0.25) is 9.69 Å². The van der Waals surface area contributed by atoms with Gasteiger partial charge in [0.15, 0.2) is 0 Å². The number of carbonyl (C=O) groups is 2. The third kappa shape index (κ3) is 4.73. The summed E-state index contributed by atoms with van der Waals surface area (Å²) < 4.78 is 11.1. The first kappa shape index (κ1) is 19.0.